The smallest absolute Gasteiger partial charge is 0.246 e. The van der Waals surface area contributed by atoms with Gasteiger partial charge in [0.2, 0.25) is 5.91 Å². The lowest BCUT2D eigenvalue weighted by Crippen LogP contribution is -2.19. The number of benzene rings is 1. The van der Waals surface area contributed by atoms with E-state index in [2.05, 4.69) is 15.6 Å². The van der Waals surface area contributed by atoms with Gasteiger partial charge in [-0.25, -0.2) is 4.68 Å². The Morgan fingerprint density at radius 3 is 2.90 bits per heavy atom. The third kappa shape index (κ3) is 4.22. The first kappa shape index (κ1) is 14.9. The molecule has 0 aliphatic rings. The third-order valence-electron chi connectivity index (χ3n) is 2.85. The molecule has 1 heterocycles. The van der Waals surface area contributed by atoms with Crippen molar-refractivity contribution in [3.05, 3.63) is 41.7 Å². The molecule has 0 saturated carbocycles. The highest BCUT2D eigenvalue weighted by Gasteiger charge is 2.07. The monoisotopic (exact) mass is 287 g/mol. The number of carbonyl (C=O) groups is 2. The van der Waals surface area contributed by atoms with Crippen LogP contribution in [0.15, 0.2) is 30.5 Å². The van der Waals surface area contributed by atoms with Crippen molar-refractivity contribution in [2.24, 2.45) is 5.73 Å². The van der Waals surface area contributed by atoms with Gasteiger partial charge < -0.3 is 11.1 Å². The third-order valence-corrected chi connectivity index (χ3v) is 2.85. The van der Waals surface area contributed by atoms with Crippen molar-refractivity contribution in [1.82, 2.24) is 15.0 Å². The molecule has 110 valence electrons. The summed E-state index contributed by atoms with van der Waals surface area (Å²) in [5.74, 6) is -0.284. The predicted octanol–water partition coefficient (Wildman–Crippen LogP) is 0.621. The topological polar surface area (TPSA) is 103 Å². The Kier molecular flexibility index (Phi) is 4.78. The lowest BCUT2D eigenvalue weighted by atomic mass is 10.1. The molecule has 0 fully saturated rings. The maximum absolute atomic E-state index is 11.9. The molecule has 1 amide bonds. The van der Waals surface area contributed by atoms with Gasteiger partial charge in [0.1, 0.15) is 6.54 Å². The van der Waals surface area contributed by atoms with E-state index < -0.39 is 0 Å². The van der Waals surface area contributed by atoms with E-state index in [1.807, 2.05) is 0 Å². The average Bonchev–Trinajstić information content (AvgIpc) is 2.86. The second kappa shape index (κ2) is 6.76. The Hall–Kier alpha value is -2.54. The van der Waals surface area contributed by atoms with Crippen LogP contribution in [0.1, 0.15) is 23.0 Å². The van der Waals surface area contributed by atoms with Gasteiger partial charge in [0.25, 0.3) is 0 Å². The lowest BCUT2D eigenvalue weighted by molar-refractivity contribution is -0.116. The molecule has 1 aromatic carbocycles. The van der Waals surface area contributed by atoms with Crippen LogP contribution in [0.5, 0.6) is 0 Å². The Morgan fingerprint density at radius 1 is 1.38 bits per heavy atom. The summed E-state index contributed by atoms with van der Waals surface area (Å²) in [6.45, 7) is 2.03. The van der Waals surface area contributed by atoms with Crippen LogP contribution in [-0.2, 0) is 17.8 Å². The first-order valence-corrected chi connectivity index (χ1v) is 6.58. The molecule has 0 atom stereocenters. The largest absolute Gasteiger partial charge is 0.330 e. The second-order valence-corrected chi connectivity index (χ2v) is 4.63. The van der Waals surface area contributed by atoms with Crippen LogP contribution >= 0.6 is 0 Å². The molecule has 0 aliphatic carbocycles. The summed E-state index contributed by atoms with van der Waals surface area (Å²) in [5, 5.41) is 10.5. The first-order valence-electron chi connectivity index (χ1n) is 6.58. The fourth-order valence-corrected chi connectivity index (χ4v) is 1.84. The van der Waals surface area contributed by atoms with E-state index >= 15 is 0 Å². The van der Waals surface area contributed by atoms with E-state index in [9.17, 15) is 9.59 Å². The minimum Gasteiger partial charge on any atom is -0.330 e. The molecule has 2 rings (SSSR count). The molecule has 7 nitrogen and oxygen atoms in total. The number of nitrogens with zero attached hydrogens (tertiary/aromatic N) is 3. The quantitative estimate of drug-likeness (QED) is 0.758. The number of aromatic nitrogens is 3. The van der Waals surface area contributed by atoms with Crippen LogP contribution < -0.4 is 11.1 Å². The minimum absolute atomic E-state index is 0.0474. The Bertz CT molecular complexity index is 650. The zero-order chi connectivity index (χ0) is 15.2. The number of ketones is 1. The molecule has 21 heavy (non-hydrogen) atoms. The van der Waals surface area contributed by atoms with Gasteiger partial charge in [0.05, 0.1) is 5.69 Å². The van der Waals surface area contributed by atoms with Crippen molar-refractivity contribution in [1.29, 1.82) is 0 Å². The molecule has 0 spiro atoms. The Balaban J connectivity index is 1.97. The van der Waals surface area contributed by atoms with Gasteiger partial charge in [-0.15, -0.1) is 5.10 Å². The Morgan fingerprint density at radius 2 is 2.19 bits per heavy atom. The van der Waals surface area contributed by atoms with E-state index in [0.717, 1.165) is 5.69 Å². The molecule has 0 unspecified atom stereocenters. The van der Waals surface area contributed by atoms with E-state index in [1.165, 1.54) is 11.6 Å². The lowest BCUT2D eigenvalue weighted by Gasteiger charge is -2.06. The SMILES string of the molecule is CC(=O)c1cccc(NC(=O)Cn2cc(CCN)nn2)c1. The molecule has 0 radical (unpaired) electrons. The van der Waals surface area contributed by atoms with E-state index in [-0.39, 0.29) is 18.2 Å². The molecule has 2 aromatic rings. The molecular formula is C14H17N5O2. The fourth-order valence-electron chi connectivity index (χ4n) is 1.84. The van der Waals surface area contributed by atoms with Crippen molar-refractivity contribution >= 4 is 17.4 Å². The molecule has 0 aliphatic heterocycles. The summed E-state index contributed by atoms with van der Waals surface area (Å²) < 4.78 is 1.45. The van der Waals surface area contributed by atoms with Crippen LogP contribution in [0, 0.1) is 0 Å². The van der Waals surface area contributed by atoms with Crippen LogP contribution in [0.25, 0.3) is 0 Å². The van der Waals surface area contributed by atoms with Gasteiger partial charge in [0, 0.05) is 23.9 Å². The molecule has 3 N–H and O–H groups in total. The minimum atomic E-state index is -0.236. The van der Waals surface area contributed by atoms with Crippen molar-refractivity contribution in [3.63, 3.8) is 0 Å². The van der Waals surface area contributed by atoms with Crippen molar-refractivity contribution in [2.45, 2.75) is 19.9 Å². The molecule has 0 bridgehead atoms. The summed E-state index contributed by atoms with van der Waals surface area (Å²) in [4.78, 5) is 23.2. The highest BCUT2D eigenvalue weighted by molar-refractivity contribution is 5.97. The normalized spacial score (nSPS) is 10.4. The molecule has 0 saturated heterocycles. The predicted molar refractivity (Wildman–Crippen MR) is 77.9 cm³/mol. The number of Topliss-reactive ketones (excluding diaryl/α,β-unsaturated/α-hetero) is 1. The highest BCUT2D eigenvalue weighted by Crippen LogP contribution is 2.11. The van der Waals surface area contributed by atoms with E-state index in [0.29, 0.717) is 24.2 Å². The zero-order valence-electron chi connectivity index (χ0n) is 11.7. The van der Waals surface area contributed by atoms with Crippen molar-refractivity contribution in [3.8, 4) is 0 Å². The molecule has 7 heteroatoms. The summed E-state index contributed by atoms with van der Waals surface area (Å²) in [6, 6.07) is 6.79. The number of rotatable bonds is 6. The zero-order valence-corrected chi connectivity index (χ0v) is 11.7. The maximum atomic E-state index is 11.9. The summed E-state index contributed by atoms with van der Waals surface area (Å²) in [5.41, 5.74) is 7.31. The number of carbonyl (C=O) groups excluding carboxylic acids is 2. The van der Waals surface area contributed by atoms with Crippen molar-refractivity contribution in [2.75, 3.05) is 11.9 Å². The number of nitrogens with one attached hydrogen (secondary N) is 1. The van der Waals surface area contributed by atoms with Crippen LogP contribution in [0.4, 0.5) is 5.69 Å². The van der Waals surface area contributed by atoms with Gasteiger partial charge >= 0.3 is 0 Å². The number of hydrogen-bond acceptors (Lipinski definition) is 5. The van der Waals surface area contributed by atoms with Gasteiger partial charge in [-0.2, -0.15) is 0 Å². The average molecular weight is 287 g/mol. The Labute approximate surface area is 122 Å². The maximum Gasteiger partial charge on any atom is 0.246 e. The number of nitrogens with two attached hydrogens (primary N) is 1. The summed E-state index contributed by atoms with van der Waals surface area (Å²) in [6.07, 6.45) is 2.32. The van der Waals surface area contributed by atoms with Gasteiger partial charge in [0.15, 0.2) is 5.78 Å². The van der Waals surface area contributed by atoms with E-state index in [4.69, 9.17) is 5.73 Å². The van der Waals surface area contributed by atoms with Gasteiger partial charge in [-0.05, 0) is 25.6 Å². The van der Waals surface area contributed by atoms with Gasteiger partial charge in [-0.1, -0.05) is 17.3 Å². The fraction of sp³-hybridized carbons (Fsp3) is 0.286. The van der Waals surface area contributed by atoms with Gasteiger partial charge in [-0.3, -0.25) is 9.59 Å². The highest BCUT2D eigenvalue weighted by atomic mass is 16.2. The number of amides is 1. The first-order chi connectivity index (χ1) is 10.1. The number of anilines is 1. The standard InChI is InChI=1S/C14H17N5O2/c1-10(20)11-3-2-4-12(7-11)16-14(21)9-19-8-13(5-6-15)17-18-19/h2-4,7-8H,5-6,9,15H2,1H3,(H,16,21). The van der Waals surface area contributed by atoms with E-state index in [1.54, 1.807) is 30.5 Å². The summed E-state index contributed by atoms with van der Waals surface area (Å²) in [7, 11) is 0. The van der Waals surface area contributed by atoms with Crippen molar-refractivity contribution < 1.29 is 9.59 Å². The second-order valence-electron chi connectivity index (χ2n) is 4.63. The summed E-state index contributed by atoms with van der Waals surface area (Å²) >= 11 is 0. The number of hydrogen-bond donors (Lipinski definition) is 2. The van der Waals surface area contributed by atoms with Crippen LogP contribution in [0.3, 0.4) is 0 Å². The van der Waals surface area contributed by atoms with Crippen LogP contribution in [-0.4, -0.2) is 33.2 Å². The molecular weight excluding hydrogens is 270 g/mol. The van der Waals surface area contributed by atoms with Crippen LogP contribution in [0.2, 0.25) is 0 Å². The molecule has 1 aromatic heterocycles.